The van der Waals surface area contributed by atoms with Gasteiger partial charge in [-0.2, -0.15) is 0 Å². The highest BCUT2D eigenvalue weighted by atomic mass is 19.1. The second-order valence-corrected chi connectivity index (χ2v) is 5.06. The number of rotatable bonds is 8. The number of amides is 1. The molecule has 0 bridgehead atoms. The second kappa shape index (κ2) is 7.24. The van der Waals surface area contributed by atoms with E-state index in [0.29, 0.717) is 19.1 Å². The zero-order valence-electron chi connectivity index (χ0n) is 11.7. The normalized spacial score (nSPS) is 14.1. The molecule has 5 heteroatoms. The molecule has 1 fully saturated rings. The van der Waals surface area contributed by atoms with E-state index in [1.54, 1.807) is 6.07 Å². The highest BCUT2D eigenvalue weighted by Crippen LogP contribution is 2.21. The molecule has 0 saturated heterocycles. The minimum absolute atomic E-state index is 0.117. The van der Waals surface area contributed by atoms with Gasteiger partial charge in [-0.1, -0.05) is 13.0 Å². The van der Waals surface area contributed by atoms with Crippen LogP contribution in [0.25, 0.3) is 0 Å². The first-order valence-corrected chi connectivity index (χ1v) is 7.10. The number of benzene rings is 1. The van der Waals surface area contributed by atoms with Crippen molar-refractivity contribution in [1.29, 1.82) is 0 Å². The Labute approximate surface area is 118 Å². The molecule has 1 amide bonds. The highest BCUT2D eigenvalue weighted by molar-refractivity contribution is 5.77. The van der Waals surface area contributed by atoms with Crippen molar-refractivity contribution in [3.63, 3.8) is 0 Å². The molecule has 0 heterocycles. The van der Waals surface area contributed by atoms with Gasteiger partial charge >= 0.3 is 0 Å². The molecule has 1 aliphatic carbocycles. The van der Waals surface area contributed by atoms with Gasteiger partial charge in [0.1, 0.15) is 0 Å². The largest absolute Gasteiger partial charge is 0.481 e. The molecule has 110 valence electrons. The molecule has 1 aliphatic rings. The lowest BCUT2D eigenvalue weighted by Gasteiger charge is -2.09. The Balaban J connectivity index is 1.80. The number of nitrogens with one attached hydrogen (secondary N) is 2. The SMILES string of the molecule is CCCNC(=O)COc1ccc(CNC2CC2)cc1F. The number of halogens is 1. The molecule has 2 N–H and O–H groups in total. The molecule has 2 rings (SSSR count). The summed E-state index contributed by atoms with van der Waals surface area (Å²) in [6, 6.07) is 5.44. The first-order valence-electron chi connectivity index (χ1n) is 7.10. The van der Waals surface area contributed by atoms with E-state index in [2.05, 4.69) is 10.6 Å². The quantitative estimate of drug-likeness (QED) is 0.765. The molecule has 1 aromatic rings. The maximum atomic E-state index is 13.8. The van der Waals surface area contributed by atoms with Crippen LogP contribution in [0, 0.1) is 5.82 Å². The van der Waals surface area contributed by atoms with E-state index in [1.807, 2.05) is 13.0 Å². The lowest BCUT2D eigenvalue weighted by atomic mass is 10.2. The minimum Gasteiger partial charge on any atom is -0.481 e. The molecule has 0 unspecified atom stereocenters. The van der Waals surface area contributed by atoms with Crippen LogP contribution in [0.3, 0.4) is 0 Å². The fraction of sp³-hybridized carbons (Fsp3) is 0.533. The molecule has 0 radical (unpaired) electrons. The van der Waals surface area contributed by atoms with Gasteiger partial charge in [0.2, 0.25) is 0 Å². The molecule has 1 aromatic carbocycles. The summed E-state index contributed by atoms with van der Waals surface area (Å²) in [5.41, 5.74) is 0.886. The highest BCUT2D eigenvalue weighted by Gasteiger charge is 2.20. The van der Waals surface area contributed by atoms with Gasteiger partial charge in [-0.3, -0.25) is 4.79 Å². The Bertz CT molecular complexity index is 461. The summed E-state index contributed by atoms with van der Waals surface area (Å²) in [6.45, 7) is 3.08. The van der Waals surface area contributed by atoms with Crippen LogP contribution < -0.4 is 15.4 Å². The summed E-state index contributed by atoms with van der Waals surface area (Å²) < 4.78 is 19.0. The van der Waals surface area contributed by atoms with Crippen molar-refractivity contribution in [2.45, 2.75) is 38.8 Å². The van der Waals surface area contributed by atoms with Crippen molar-refractivity contribution < 1.29 is 13.9 Å². The fourth-order valence-corrected chi connectivity index (χ4v) is 1.78. The number of hydrogen-bond donors (Lipinski definition) is 2. The Morgan fingerprint density at radius 2 is 2.25 bits per heavy atom. The zero-order chi connectivity index (χ0) is 14.4. The predicted octanol–water partition coefficient (Wildman–Crippen LogP) is 1.98. The molecule has 0 aromatic heterocycles. The van der Waals surface area contributed by atoms with Crippen LogP contribution in [0.2, 0.25) is 0 Å². The molecule has 1 saturated carbocycles. The topological polar surface area (TPSA) is 50.4 Å². The summed E-state index contributed by atoms with van der Waals surface area (Å²) in [6.07, 6.45) is 3.27. The van der Waals surface area contributed by atoms with Gasteiger partial charge in [-0.25, -0.2) is 4.39 Å². The lowest BCUT2D eigenvalue weighted by Crippen LogP contribution is -2.29. The van der Waals surface area contributed by atoms with Crippen LogP contribution in [-0.2, 0) is 11.3 Å². The molecule has 0 aliphatic heterocycles. The van der Waals surface area contributed by atoms with Gasteiger partial charge in [-0.05, 0) is 37.0 Å². The number of ether oxygens (including phenoxy) is 1. The van der Waals surface area contributed by atoms with E-state index < -0.39 is 5.82 Å². The van der Waals surface area contributed by atoms with Crippen molar-refractivity contribution >= 4 is 5.91 Å². The van der Waals surface area contributed by atoms with Crippen LogP contribution in [-0.4, -0.2) is 25.1 Å². The Morgan fingerprint density at radius 1 is 1.45 bits per heavy atom. The van der Waals surface area contributed by atoms with Crippen molar-refractivity contribution in [2.24, 2.45) is 0 Å². The Kier molecular flexibility index (Phi) is 5.35. The third-order valence-electron chi connectivity index (χ3n) is 3.10. The standard InChI is InChI=1S/C15H21FN2O2/c1-2-7-17-15(19)10-20-14-6-3-11(8-13(14)16)9-18-12-4-5-12/h3,6,8,12,18H,2,4-5,7,9-10H2,1H3,(H,17,19). The van der Waals surface area contributed by atoms with E-state index in [4.69, 9.17) is 4.74 Å². The summed E-state index contributed by atoms with van der Waals surface area (Å²) in [5, 5.41) is 6.00. The van der Waals surface area contributed by atoms with Gasteiger partial charge < -0.3 is 15.4 Å². The number of carbonyl (C=O) groups excluding carboxylic acids is 1. The van der Waals surface area contributed by atoms with Crippen molar-refractivity contribution in [3.8, 4) is 5.75 Å². The van der Waals surface area contributed by atoms with E-state index in [1.165, 1.54) is 18.9 Å². The second-order valence-electron chi connectivity index (χ2n) is 5.06. The van der Waals surface area contributed by atoms with E-state index in [0.717, 1.165) is 12.0 Å². The van der Waals surface area contributed by atoms with Gasteiger partial charge in [0, 0.05) is 19.1 Å². The first-order chi connectivity index (χ1) is 9.69. The van der Waals surface area contributed by atoms with Gasteiger partial charge in [0.25, 0.3) is 5.91 Å². The summed E-state index contributed by atoms with van der Waals surface area (Å²) in [4.78, 5) is 11.4. The average Bonchev–Trinajstić information content (AvgIpc) is 3.26. The Morgan fingerprint density at radius 3 is 2.90 bits per heavy atom. The fourth-order valence-electron chi connectivity index (χ4n) is 1.78. The van der Waals surface area contributed by atoms with Crippen molar-refractivity contribution in [1.82, 2.24) is 10.6 Å². The monoisotopic (exact) mass is 280 g/mol. The molecule has 0 spiro atoms. The predicted molar refractivity (Wildman–Crippen MR) is 75.1 cm³/mol. The van der Waals surface area contributed by atoms with Crippen molar-refractivity contribution in [3.05, 3.63) is 29.6 Å². The average molecular weight is 280 g/mol. The molecular formula is C15H21FN2O2. The van der Waals surface area contributed by atoms with Crippen LogP contribution in [0.1, 0.15) is 31.7 Å². The van der Waals surface area contributed by atoms with Crippen molar-refractivity contribution in [2.75, 3.05) is 13.2 Å². The van der Waals surface area contributed by atoms with Gasteiger partial charge in [0.05, 0.1) is 0 Å². The van der Waals surface area contributed by atoms with Gasteiger partial charge in [0.15, 0.2) is 18.2 Å². The lowest BCUT2D eigenvalue weighted by molar-refractivity contribution is -0.123. The molecule has 4 nitrogen and oxygen atoms in total. The zero-order valence-corrected chi connectivity index (χ0v) is 11.7. The maximum Gasteiger partial charge on any atom is 0.257 e. The van der Waals surface area contributed by atoms with E-state index >= 15 is 0 Å². The maximum absolute atomic E-state index is 13.8. The van der Waals surface area contributed by atoms with Crippen LogP contribution in [0.4, 0.5) is 4.39 Å². The Hall–Kier alpha value is -1.62. The third kappa shape index (κ3) is 4.81. The van der Waals surface area contributed by atoms with Crippen LogP contribution in [0.15, 0.2) is 18.2 Å². The van der Waals surface area contributed by atoms with E-state index in [-0.39, 0.29) is 18.3 Å². The van der Waals surface area contributed by atoms with Crippen LogP contribution >= 0.6 is 0 Å². The molecule has 20 heavy (non-hydrogen) atoms. The summed E-state index contributed by atoms with van der Waals surface area (Å²) >= 11 is 0. The molecular weight excluding hydrogens is 259 g/mol. The first kappa shape index (κ1) is 14.8. The minimum atomic E-state index is -0.427. The molecule has 0 atom stereocenters. The van der Waals surface area contributed by atoms with E-state index in [9.17, 15) is 9.18 Å². The summed E-state index contributed by atoms with van der Waals surface area (Å²) in [5.74, 6) is -0.541. The smallest absolute Gasteiger partial charge is 0.257 e. The third-order valence-corrected chi connectivity index (χ3v) is 3.10. The number of hydrogen-bond acceptors (Lipinski definition) is 3. The number of carbonyl (C=O) groups is 1. The van der Waals surface area contributed by atoms with Gasteiger partial charge in [-0.15, -0.1) is 0 Å². The van der Waals surface area contributed by atoms with Crippen LogP contribution in [0.5, 0.6) is 5.75 Å². The summed E-state index contributed by atoms with van der Waals surface area (Å²) in [7, 11) is 0.